The molecule has 21 heavy (non-hydrogen) atoms. The summed E-state index contributed by atoms with van der Waals surface area (Å²) in [6.45, 7) is 1.79. The summed E-state index contributed by atoms with van der Waals surface area (Å²) in [5.74, 6) is 1.87. The molecule has 0 saturated heterocycles. The Morgan fingerprint density at radius 1 is 1.19 bits per heavy atom. The zero-order chi connectivity index (χ0) is 15.0. The average molecular weight is 286 g/mol. The Bertz CT molecular complexity index is 783. The van der Waals surface area contributed by atoms with E-state index in [2.05, 4.69) is 9.97 Å². The largest absolute Gasteiger partial charge is 0.497 e. The zero-order valence-electron chi connectivity index (χ0n) is 11.9. The van der Waals surface area contributed by atoms with Gasteiger partial charge in [0.15, 0.2) is 5.82 Å². The van der Waals surface area contributed by atoms with Crippen molar-refractivity contribution in [2.75, 3.05) is 19.1 Å². The van der Waals surface area contributed by atoms with Crippen LogP contribution in [0.1, 0.15) is 5.76 Å². The van der Waals surface area contributed by atoms with E-state index in [1.165, 1.54) is 0 Å². The molecule has 0 saturated carbocycles. The first-order valence-electron chi connectivity index (χ1n) is 6.40. The number of hydrogen-bond donors (Lipinski definition) is 0. The van der Waals surface area contributed by atoms with Crippen LogP contribution in [0.25, 0.3) is 11.1 Å². The molecule has 0 atom stereocenters. The lowest BCUT2D eigenvalue weighted by molar-refractivity contribution is 0.415. The van der Waals surface area contributed by atoms with Gasteiger partial charge in [0.25, 0.3) is 0 Å². The van der Waals surface area contributed by atoms with Gasteiger partial charge in [-0.25, -0.2) is 0 Å². The number of methoxy groups -OCH3 is 1. The van der Waals surface area contributed by atoms with Gasteiger partial charge in [0.2, 0.25) is 5.71 Å². The van der Waals surface area contributed by atoms with Gasteiger partial charge in [-0.15, -0.1) is 0 Å². The molecule has 3 rings (SSSR count). The van der Waals surface area contributed by atoms with Crippen molar-refractivity contribution in [3.8, 4) is 5.75 Å². The van der Waals surface area contributed by atoms with Crippen LogP contribution in [0.4, 0.5) is 15.9 Å². The number of rotatable bonds is 3. The van der Waals surface area contributed by atoms with Gasteiger partial charge in [-0.3, -0.25) is 0 Å². The molecule has 1 aromatic carbocycles. The van der Waals surface area contributed by atoms with E-state index in [0.29, 0.717) is 17.0 Å². The zero-order valence-corrected chi connectivity index (χ0v) is 11.9. The Morgan fingerprint density at radius 2 is 1.90 bits per heavy atom. The number of fused-ring (bicyclic) bond motifs is 1. The van der Waals surface area contributed by atoms with E-state index in [0.717, 1.165) is 11.4 Å². The molecule has 0 bridgehead atoms. The Kier molecular flexibility index (Phi) is 3.21. The quantitative estimate of drug-likeness (QED) is 0.690. The Labute approximate surface area is 121 Å². The number of halogens is 1. The second-order valence-corrected chi connectivity index (χ2v) is 4.65. The molecule has 5 nitrogen and oxygen atoms in total. The van der Waals surface area contributed by atoms with Gasteiger partial charge in [0.05, 0.1) is 12.5 Å². The highest BCUT2D eigenvalue weighted by molar-refractivity contribution is 5.88. The number of benzene rings is 1. The van der Waals surface area contributed by atoms with Crippen molar-refractivity contribution in [1.82, 2.24) is 9.97 Å². The van der Waals surface area contributed by atoms with Gasteiger partial charge in [0, 0.05) is 12.7 Å². The summed E-state index contributed by atoms with van der Waals surface area (Å²) >= 11 is 0. The van der Waals surface area contributed by atoms with Gasteiger partial charge >= 0.3 is 6.08 Å². The topological polar surface area (TPSA) is 51.4 Å². The van der Waals surface area contributed by atoms with Crippen LogP contribution >= 0.6 is 0 Å². The summed E-state index contributed by atoms with van der Waals surface area (Å²) in [5.41, 5.74) is 1.10. The van der Waals surface area contributed by atoms with E-state index in [4.69, 9.17) is 9.15 Å². The van der Waals surface area contributed by atoms with Crippen molar-refractivity contribution in [1.29, 1.82) is 0 Å². The third kappa shape index (κ3) is 2.40. The molecule has 0 aliphatic heterocycles. The predicted molar refractivity (Wildman–Crippen MR) is 77.6 cm³/mol. The number of ether oxygens (including phenoxy) is 1. The minimum atomic E-state index is -0.813. The predicted octanol–water partition coefficient (Wildman–Crippen LogP) is 3.45. The average Bonchev–Trinajstić information content (AvgIpc) is 2.85. The van der Waals surface area contributed by atoms with E-state index in [9.17, 15) is 4.39 Å². The fourth-order valence-electron chi connectivity index (χ4n) is 2.19. The second kappa shape index (κ2) is 5.05. The molecule has 0 aliphatic rings. The number of anilines is 2. The number of nitrogens with zero attached hydrogens (tertiary/aromatic N) is 3. The highest BCUT2D eigenvalue weighted by Gasteiger charge is 2.16. The van der Waals surface area contributed by atoms with Gasteiger partial charge in [-0.2, -0.15) is 14.4 Å². The molecular weight excluding hydrogens is 272 g/mol. The molecule has 0 N–H and O–H groups in total. The first-order chi connectivity index (χ1) is 10.1. The number of aryl methyl sites for hydroxylation is 1. The molecule has 2 aromatic heterocycles. The number of aromatic nitrogens is 2. The van der Waals surface area contributed by atoms with Gasteiger partial charge in [0.1, 0.15) is 11.5 Å². The van der Waals surface area contributed by atoms with Crippen LogP contribution in [-0.4, -0.2) is 24.1 Å². The number of furan rings is 1. The van der Waals surface area contributed by atoms with Crippen LogP contribution in [0.15, 0.2) is 34.7 Å². The fraction of sp³-hybridized carbons (Fsp3) is 0.200. The minimum Gasteiger partial charge on any atom is -0.497 e. The SMILES string of the molecule is COc1ccc(N(C)c2nc([18F])nc3oc(C)cc23)cc1. The summed E-state index contributed by atoms with van der Waals surface area (Å²) < 4.78 is 24.1. The molecule has 3 aromatic rings. The first kappa shape index (κ1) is 13.4. The Hall–Kier alpha value is -2.63. The minimum absolute atomic E-state index is 0.246. The van der Waals surface area contributed by atoms with Crippen LogP contribution in [0.2, 0.25) is 0 Å². The van der Waals surface area contributed by atoms with E-state index in [1.807, 2.05) is 31.3 Å². The molecule has 0 unspecified atom stereocenters. The highest BCUT2D eigenvalue weighted by Crippen LogP contribution is 2.31. The summed E-state index contributed by atoms with van der Waals surface area (Å²) in [4.78, 5) is 9.34. The lowest BCUT2D eigenvalue weighted by Crippen LogP contribution is -2.12. The monoisotopic (exact) mass is 286 g/mol. The van der Waals surface area contributed by atoms with Crippen molar-refractivity contribution in [2.45, 2.75) is 6.92 Å². The summed E-state index contributed by atoms with van der Waals surface area (Å²) in [5, 5.41) is 0.673. The molecule has 0 spiro atoms. The smallest absolute Gasteiger partial charge is 0.313 e. The van der Waals surface area contributed by atoms with Crippen molar-refractivity contribution in [3.05, 3.63) is 42.2 Å². The highest BCUT2D eigenvalue weighted by atomic mass is 18.2. The lowest BCUT2D eigenvalue weighted by Gasteiger charge is -2.18. The fourth-order valence-corrected chi connectivity index (χ4v) is 2.19. The van der Waals surface area contributed by atoms with Gasteiger partial charge < -0.3 is 14.1 Å². The standard InChI is InChI=1S/C15H14FN3O2/c1-9-8-12-13(17-15(16)18-14(12)21-9)19(2)10-4-6-11(20-3)7-5-10/h4-8H,1-3H3/i16-1. The summed E-state index contributed by atoms with van der Waals surface area (Å²) in [6, 6.07) is 9.21. The second-order valence-electron chi connectivity index (χ2n) is 4.65. The lowest BCUT2D eigenvalue weighted by atomic mass is 10.2. The number of hydrogen-bond acceptors (Lipinski definition) is 5. The van der Waals surface area contributed by atoms with E-state index >= 15 is 0 Å². The summed E-state index contributed by atoms with van der Waals surface area (Å²) in [6.07, 6.45) is -0.813. The summed E-state index contributed by atoms with van der Waals surface area (Å²) in [7, 11) is 3.42. The molecule has 0 aliphatic carbocycles. The molecule has 0 fully saturated rings. The van der Waals surface area contributed by atoms with Crippen LogP contribution in [-0.2, 0) is 0 Å². The van der Waals surface area contributed by atoms with Crippen LogP contribution in [0, 0.1) is 13.0 Å². The van der Waals surface area contributed by atoms with E-state index in [1.54, 1.807) is 25.0 Å². The van der Waals surface area contributed by atoms with E-state index in [-0.39, 0.29) is 5.71 Å². The normalized spacial score (nSPS) is 10.9. The maximum atomic E-state index is 13.6. The first-order valence-corrected chi connectivity index (χ1v) is 6.40. The van der Waals surface area contributed by atoms with E-state index < -0.39 is 6.08 Å². The molecule has 6 heteroatoms. The van der Waals surface area contributed by atoms with Gasteiger partial charge in [-0.1, -0.05) is 0 Å². The van der Waals surface area contributed by atoms with Crippen molar-refractivity contribution in [3.63, 3.8) is 0 Å². The third-order valence-corrected chi connectivity index (χ3v) is 3.25. The maximum Gasteiger partial charge on any atom is 0.313 e. The molecular formula is C15H14FN3O2. The molecule has 2 heterocycles. The van der Waals surface area contributed by atoms with Crippen LogP contribution < -0.4 is 9.64 Å². The van der Waals surface area contributed by atoms with Crippen molar-refractivity contribution < 1.29 is 13.5 Å². The molecule has 0 radical (unpaired) electrons. The third-order valence-electron chi connectivity index (χ3n) is 3.25. The molecule has 0 amide bonds. The Morgan fingerprint density at radius 3 is 2.57 bits per heavy atom. The van der Waals surface area contributed by atoms with Crippen molar-refractivity contribution >= 4 is 22.6 Å². The van der Waals surface area contributed by atoms with Crippen LogP contribution in [0.3, 0.4) is 0 Å². The van der Waals surface area contributed by atoms with Crippen molar-refractivity contribution in [2.24, 2.45) is 0 Å². The van der Waals surface area contributed by atoms with Gasteiger partial charge in [-0.05, 0) is 37.3 Å². The maximum absolute atomic E-state index is 13.6. The van der Waals surface area contributed by atoms with Crippen LogP contribution in [0.5, 0.6) is 5.75 Å². The Balaban J connectivity index is 2.09. The molecule has 108 valence electrons.